The third-order valence-corrected chi connectivity index (χ3v) is 7.77. The number of hydrogen-bond acceptors (Lipinski definition) is 6. The van der Waals surface area contributed by atoms with E-state index in [9.17, 15) is 4.79 Å². The molecule has 0 aromatic carbocycles. The second-order valence-electron chi connectivity index (χ2n) is 9.66. The third-order valence-electron chi connectivity index (χ3n) is 6.81. The van der Waals surface area contributed by atoms with Crippen LogP contribution in [0.5, 0.6) is 0 Å². The monoisotopic (exact) mass is 459 g/mol. The Labute approximate surface area is 195 Å². The Kier molecular flexibility index (Phi) is 7.30. The molecule has 8 heteroatoms. The molecule has 1 atom stereocenters. The molecule has 176 valence electrons. The molecule has 2 aliphatic rings. The van der Waals surface area contributed by atoms with Crippen LogP contribution in [-0.2, 0) is 11.3 Å². The Morgan fingerprint density at radius 2 is 1.97 bits per heavy atom. The maximum Gasteiger partial charge on any atom is 0.228 e. The first-order valence-corrected chi connectivity index (χ1v) is 13.0. The molecule has 7 nitrogen and oxygen atoms in total. The molecule has 1 unspecified atom stereocenters. The van der Waals surface area contributed by atoms with Crippen molar-refractivity contribution in [2.75, 3.05) is 30.3 Å². The summed E-state index contributed by atoms with van der Waals surface area (Å²) in [6.07, 6.45) is 4.74. The lowest BCUT2D eigenvalue weighted by Gasteiger charge is -2.31. The number of anilines is 1. The van der Waals surface area contributed by atoms with Crippen LogP contribution in [0.4, 0.5) is 5.95 Å². The summed E-state index contributed by atoms with van der Waals surface area (Å²) in [5.41, 5.74) is 3.00. The van der Waals surface area contributed by atoms with Crippen molar-refractivity contribution >= 4 is 23.5 Å². The number of ether oxygens (including phenoxy) is 1. The molecular formula is C24H37N5O2S. The van der Waals surface area contributed by atoms with Gasteiger partial charge >= 0.3 is 0 Å². The summed E-state index contributed by atoms with van der Waals surface area (Å²) in [7, 11) is 0. The number of rotatable bonds is 8. The van der Waals surface area contributed by atoms with Crippen molar-refractivity contribution in [2.45, 2.75) is 84.1 Å². The number of carbonyl (C=O) groups excluding carboxylic acids is 1. The van der Waals surface area contributed by atoms with Crippen LogP contribution >= 0.6 is 11.8 Å². The third kappa shape index (κ3) is 4.91. The van der Waals surface area contributed by atoms with Crippen molar-refractivity contribution in [3.63, 3.8) is 0 Å². The number of piperidine rings is 1. The SMILES string of the molecule is Cc1cc(C(=O)CSc2nnc(N3CCC(C)CC3)n2CC2CCCO2)c(C)n1C(C)C. The first kappa shape index (κ1) is 23.4. The van der Waals surface area contributed by atoms with Crippen molar-refractivity contribution < 1.29 is 9.53 Å². The van der Waals surface area contributed by atoms with E-state index in [0.29, 0.717) is 11.8 Å². The van der Waals surface area contributed by atoms with Gasteiger partial charge in [0, 0.05) is 42.7 Å². The molecule has 0 saturated carbocycles. The van der Waals surface area contributed by atoms with Gasteiger partial charge < -0.3 is 14.2 Å². The molecule has 2 fully saturated rings. The molecule has 0 radical (unpaired) electrons. The van der Waals surface area contributed by atoms with E-state index in [4.69, 9.17) is 4.74 Å². The molecule has 32 heavy (non-hydrogen) atoms. The Hall–Kier alpha value is -1.80. The highest BCUT2D eigenvalue weighted by atomic mass is 32.2. The Bertz CT molecular complexity index is 937. The van der Waals surface area contributed by atoms with E-state index >= 15 is 0 Å². The molecule has 0 N–H and O–H groups in total. The molecule has 0 aliphatic carbocycles. The highest BCUT2D eigenvalue weighted by Gasteiger charge is 2.26. The maximum atomic E-state index is 13.1. The molecule has 2 aromatic heterocycles. The van der Waals surface area contributed by atoms with Gasteiger partial charge in [0.25, 0.3) is 0 Å². The lowest BCUT2D eigenvalue weighted by molar-refractivity contribution is 0.0951. The Balaban J connectivity index is 1.51. The van der Waals surface area contributed by atoms with Crippen LogP contribution in [-0.4, -0.2) is 56.7 Å². The zero-order chi connectivity index (χ0) is 22.8. The van der Waals surface area contributed by atoms with Gasteiger partial charge in [-0.1, -0.05) is 18.7 Å². The molecule has 4 rings (SSSR count). The zero-order valence-electron chi connectivity index (χ0n) is 20.1. The number of nitrogens with zero attached hydrogens (tertiary/aromatic N) is 5. The average molecular weight is 460 g/mol. The van der Waals surface area contributed by atoms with E-state index in [1.54, 1.807) is 0 Å². The number of Topliss-reactive ketones (excluding diaryl/α,β-unsaturated/α-hetero) is 1. The van der Waals surface area contributed by atoms with Gasteiger partial charge in [-0.3, -0.25) is 9.36 Å². The summed E-state index contributed by atoms with van der Waals surface area (Å²) in [6, 6.07) is 2.36. The minimum Gasteiger partial charge on any atom is -0.376 e. The summed E-state index contributed by atoms with van der Waals surface area (Å²) in [5.74, 6) is 2.20. The molecule has 0 bridgehead atoms. The molecule has 2 saturated heterocycles. The predicted molar refractivity (Wildman–Crippen MR) is 129 cm³/mol. The molecular weight excluding hydrogens is 422 g/mol. The number of aromatic nitrogens is 4. The smallest absolute Gasteiger partial charge is 0.228 e. The number of aryl methyl sites for hydroxylation is 1. The fourth-order valence-electron chi connectivity index (χ4n) is 5.04. The summed E-state index contributed by atoms with van der Waals surface area (Å²) in [6.45, 7) is 14.3. The van der Waals surface area contributed by atoms with E-state index in [2.05, 4.69) is 51.9 Å². The minimum atomic E-state index is 0.148. The van der Waals surface area contributed by atoms with Gasteiger partial charge in [-0.05, 0) is 65.4 Å². The second-order valence-corrected chi connectivity index (χ2v) is 10.6. The number of thioether (sulfide) groups is 1. The number of ketones is 1. The standard InChI is InChI=1S/C24H37N5O2S/c1-16(2)29-18(4)13-21(19(29)5)22(30)15-32-24-26-25-23(27-10-8-17(3)9-11-27)28(24)14-20-7-6-12-31-20/h13,16-17,20H,6-12,14-15H2,1-5H3. The van der Waals surface area contributed by atoms with Gasteiger partial charge in [0.15, 0.2) is 10.9 Å². The summed E-state index contributed by atoms with van der Waals surface area (Å²) >= 11 is 1.50. The van der Waals surface area contributed by atoms with E-state index in [-0.39, 0.29) is 11.9 Å². The first-order chi connectivity index (χ1) is 15.3. The zero-order valence-corrected chi connectivity index (χ0v) is 21.0. The first-order valence-electron chi connectivity index (χ1n) is 12.0. The quantitative estimate of drug-likeness (QED) is 0.422. The van der Waals surface area contributed by atoms with Gasteiger partial charge in [-0.25, -0.2) is 0 Å². The van der Waals surface area contributed by atoms with Crippen LogP contribution in [0.2, 0.25) is 0 Å². The fourth-order valence-corrected chi connectivity index (χ4v) is 5.87. The summed E-state index contributed by atoms with van der Waals surface area (Å²) < 4.78 is 10.3. The van der Waals surface area contributed by atoms with E-state index in [1.165, 1.54) is 24.6 Å². The summed E-state index contributed by atoms with van der Waals surface area (Å²) in [4.78, 5) is 15.5. The van der Waals surface area contributed by atoms with Crippen LogP contribution < -0.4 is 4.90 Å². The van der Waals surface area contributed by atoms with Crippen molar-refractivity contribution in [3.05, 3.63) is 23.0 Å². The predicted octanol–water partition coefficient (Wildman–Crippen LogP) is 4.67. The summed E-state index contributed by atoms with van der Waals surface area (Å²) in [5, 5.41) is 9.90. The van der Waals surface area contributed by atoms with Gasteiger partial charge in [0.1, 0.15) is 0 Å². The molecule has 2 aliphatic heterocycles. The van der Waals surface area contributed by atoms with Crippen LogP contribution in [0.15, 0.2) is 11.2 Å². The Morgan fingerprint density at radius 3 is 2.59 bits per heavy atom. The van der Waals surface area contributed by atoms with Crippen LogP contribution in [0.25, 0.3) is 0 Å². The van der Waals surface area contributed by atoms with Crippen molar-refractivity contribution in [2.24, 2.45) is 5.92 Å². The van der Waals surface area contributed by atoms with Crippen molar-refractivity contribution in [1.29, 1.82) is 0 Å². The lowest BCUT2D eigenvalue weighted by atomic mass is 10.00. The maximum absolute atomic E-state index is 13.1. The fraction of sp³-hybridized carbons (Fsp3) is 0.708. The van der Waals surface area contributed by atoms with Gasteiger partial charge in [0.05, 0.1) is 18.4 Å². The number of hydrogen-bond donors (Lipinski definition) is 0. The van der Waals surface area contributed by atoms with Crippen molar-refractivity contribution in [1.82, 2.24) is 19.3 Å². The normalized spacial score (nSPS) is 19.9. The Morgan fingerprint density at radius 1 is 1.22 bits per heavy atom. The topological polar surface area (TPSA) is 65.2 Å². The van der Waals surface area contributed by atoms with Gasteiger partial charge in [-0.2, -0.15) is 0 Å². The van der Waals surface area contributed by atoms with Gasteiger partial charge in [0.2, 0.25) is 5.95 Å². The molecule has 4 heterocycles. The molecule has 0 amide bonds. The van der Waals surface area contributed by atoms with E-state index < -0.39 is 0 Å². The van der Waals surface area contributed by atoms with E-state index in [0.717, 1.165) is 73.1 Å². The molecule has 2 aromatic rings. The van der Waals surface area contributed by atoms with Gasteiger partial charge in [-0.15, -0.1) is 10.2 Å². The number of carbonyl (C=O) groups is 1. The average Bonchev–Trinajstić information content (AvgIpc) is 3.47. The minimum absolute atomic E-state index is 0.148. The van der Waals surface area contributed by atoms with E-state index in [1.807, 2.05) is 13.0 Å². The molecule has 0 spiro atoms. The largest absolute Gasteiger partial charge is 0.376 e. The van der Waals surface area contributed by atoms with Crippen LogP contribution in [0.3, 0.4) is 0 Å². The van der Waals surface area contributed by atoms with Crippen molar-refractivity contribution in [3.8, 4) is 0 Å². The highest BCUT2D eigenvalue weighted by Crippen LogP contribution is 2.29. The lowest BCUT2D eigenvalue weighted by Crippen LogP contribution is -2.35. The van der Waals surface area contributed by atoms with Crippen LogP contribution in [0.1, 0.15) is 74.2 Å². The highest BCUT2D eigenvalue weighted by molar-refractivity contribution is 7.99. The second kappa shape index (κ2) is 10.00. The van der Waals surface area contributed by atoms with Crippen LogP contribution in [0, 0.1) is 19.8 Å².